The zero-order chi connectivity index (χ0) is 13.9. The highest BCUT2D eigenvalue weighted by atomic mass is 35.5. The predicted molar refractivity (Wildman–Crippen MR) is 78.7 cm³/mol. The summed E-state index contributed by atoms with van der Waals surface area (Å²) in [5.74, 6) is -0.110. The van der Waals surface area contributed by atoms with Gasteiger partial charge in [0.2, 0.25) is 5.91 Å². The van der Waals surface area contributed by atoms with E-state index in [0.29, 0.717) is 23.9 Å². The van der Waals surface area contributed by atoms with E-state index in [1.807, 2.05) is 12.1 Å². The Morgan fingerprint density at radius 3 is 2.84 bits per heavy atom. The van der Waals surface area contributed by atoms with Crippen LogP contribution in [0.4, 0.5) is 5.69 Å². The third-order valence-electron chi connectivity index (χ3n) is 2.50. The van der Waals surface area contributed by atoms with Gasteiger partial charge in [-0.15, -0.1) is 0 Å². The number of para-hydroxylation sites is 1. The molecule has 1 rings (SSSR count). The van der Waals surface area contributed by atoms with E-state index in [9.17, 15) is 4.79 Å². The molecule has 5 heteroatoms. The predicted octanol–water partition coefficient (Wildman–Crippen LogP) is 2.68. The van der Waals surface area contributed by atoms with Gasteiger partial charge in [0.25, 0.3) is 0 Å². The summed E-state index contributed by atoms with van der Waals surface area (Å²) in [7, 11) is 0. The second-order valence-electron chi connectivity index (χ2n) is 4.17. The lowest BCUT2D eigenvalue weighted by molar-refractivity contribution is -0.115. The number of ether oxygens (including phenoxy) is 1. The topological polar surface area (TPSA) is 50.4 Å². The molecule has 0 radical (unpaired) electrons. The number of hydrogen-bond donors (Lipinski definition) is 2. The molecule has 1 aromatic rings. The van der Waals surface area contributed by atoms with Gasteiger partial charge < -0.3 is 15.4 Å². The van der Waals surface area contributed by atoms with Crippen LogP contribution in [0.2, 0.25) is 5.02 Å². The van der Waals surface area contributed by atoms with Gasteiger partial charge in [-0.05, 0) is 18.6 Å². The van der Waals surface area contributed by atoms with Crippen molar-refractivity contribution >= 4 is 23.2 Å². The first-order valence-electron chi connectivity index (χ1n) is 6.57. The van der Waals surface area contributed by atoms with E-state index in [0.717, 1.165) is 19.4 Å². The summed E-state index contributed by atoms with van der Waals surface area (Å²) in [6.07, 6.45) is 2.21. The number of carbonyl (C=O) groups is 1. The largest absolute Gasteiger partial charge is 0.380 e. The first-order chi connectivity index (χ1) is 9.24. The number of carbonyl (C=O) groups excluding carboxylic acids is 1. The van der Waals surface area contributed by atoms with Crippen molar-refractivity contribution in [1.29, 1.82) is 0 Å². The molecule has 1 aromatic carbocycles. The summed E-state index contributed by atoms with van der Waals surface area (Å²) in [5, 5.41) is 6.31. The van der Waals surface area contributed by atoms with Gasteiger partial charge in [0.15, 0.2) is 0 Å². The molecule has 106 valence electrons. The highest BCUT2D eigenvalue weighted by molar-refractivity contribution is 6.33. The van der Waals surface area contributed by atoms with Gasteiger partial charge >= 0.3 is 0 Å². The highest BCUT2D eigenvalue weighted by Gasteiger charge is 2.04. The minimum Gasteiger partial charge on any atom is -0.380 e. The molecule has 0 unspecified atom stereocenters. The van der Waals surface area contributed by atoms with Crippen molar-refractivity contribution in [3.63, 3.8) is 0 Å². The van der Waals surface area contributed by atoms with Crippen LogP contribution in [0.5, 0.6) is 0 Å². The van der Waals surface area contributed by atoms with E-state index in [1.165, 1.54) is 0 Å². The van der Waals surface area contributed by atoms with Crippen LogP contribution in [0.3, 0.4) is 0 Å². The zero-order valence-electron chi connectivity index (χ0n) is 11.2. The molecule has 0 bridgehead atoms. The Labute approximate surface area is 119 Å². The fourth-order valence-electron chi connectivity index (χ4n) is 1.45. The van der Waals surface area contributed by atoms with Crippen molar-refractivity contribution in [2.75, 3.05) is 31.6 Å². The first-order valence-corrected chi connectivity index (χ1v) is 6.94. The molecule has 2 N–H and O–H groups in total. The molecule has 0 saturated carbocycles. The summed E-state index contributed by atoms with van der Waals surface area (Å²) in [6.45, 7) is 4.45. The Morgan fingerprint density at radius 1 is 1.32 bits per heavy atom. The SMILES string of the molecule is CCCCOCCNCC(=O)Nc1ccccc1Cl. The second kappa shape index (κ2) is 9.78. The number of benzene rings is 1. The van der Waals surface area contributed by atoms with Crippen molar-refractivity contribution in [1.82, 2.24) is 5.32 Å². The van der Waals surface area contributed by atoms with Gasteiger partial charge in [-0.2, -0.15) is 0 Å². The van der Waals surface area contributed by atoms with Crippen LogP contribution in [0.25, 0.3) is 0 Å². The van der Waals surface area contributed by atoms with E-state index >= 15 is 0 Å². The molecule has 0 fully saturated rings. The number of anilines is 1. The highest BCUT2D eigenvalue weighted by Crippen LogP contribution is 2.19. The van der Waals surface area contributed by atoms with Crippen molar-refractivity contribution in [3.05, 3.63) is 29.3 Å². The molecule has 0 spiro atoms. The molecule has 4 nitrogen and oxygen atoms in total. The number of hydrogen-bond acceptors (Lipinski definition) is 3. The Morgan fingerprint density at radius 2 is 2.11 bits per heavy atom. The minimum atomic E-state index is -0.110. The standard InChI is InChI=1S/C14H21ClN2O2/c1-2-3-9-19-10-8-16-11-14(18)17-13-7-5-4-6-12(13)15/h4-7,16H,2-3,8-11H2,1H3,(H,17,18). The van der Waals surface area contributed by atoms with Gasteiger partial charge in [-0.3, -0.25) is 4.79 Å². The quantitative estimate of drug-likeness (QED) is 0.686. The first kappa shape index (κ1) is 16.0. The maximum absolute atomic E-state index is 11.6. The van der Waals surface area contributed by atoms with Gasteiger partial charge in [-0.25, -0.2) is 0 Å². The molecule has 0 aliphatic carbocycles. The molecule has 0 heterocycles. The van der Waals surface area contributed by atoms with Crippen molar-refractivity contribution in [2.24, 2.45) is 0 Å². The molecular formula is C14H21ClN2O2. The lowest BCUT2D eigenvalue weighted by Gasteiger charge is -2.08. The van der Waals surface area contributed by atoms with Crippen molar-refractivity contribution < 1.29 is 9.53 Å². The van der Waals surface area contributed by atoms with E-state index < -0.39 is 0 Å². The zero-order valence-corrected chi connectivity index (χ0v) is 12.0. The molecule has 0 aliphatic heterocycles. The molecular weight excluding hydrogens is 264 g/mol. The summed E-state index contributed by atoms with van der Waals surface area (Å²) in [5.41, 5.74) is 0.634. The normalized spacial score (nSPS) is 10.4. The third kappa shape index (κ3) is 7.15. The number of halogens is 1. The van der Waals surface area contributed by atoms with Gasteiger partial charge in [0, 0.05) is 13.2 Å². The lowest BCUT2D eigenvalue weighted by atomic mass is 10.3. The van der Waals surface area contributed by atoms with Gasteiger partial charge in [-0.1, -0.05) is 37.1 Å². The monoisotopic (exact) mass is 284 g/mol. The maximum atomic E-state index is 11.6. The van der Waals surface area contributed by atoms with Crippen LogP contribution in [0.15, 0.2) is 24.3 Å². The van der Waals surface area contributed by atoms with Crippen molar-refractivity contribution in [3.8, 4) is 0 Å². The van der Waals surface area contributed by atoms with Crippen molar-refractivity contribution in [2.45, 2.75) is 19.8 Å². The van der Waals surface area contributed by atoms with Gasteiger partial charge in [0.05, 0.1) is 23.9 Å². The molecule has 0 aromatic heterocycles. The minimum absolute atomic E-state index is 0.110. The Balaban J connectivity index is 2.10. The smallest absolute Gasteiger partial charge is 0.238 e. The maximum Gasteiger partial charge on any atom is 0.238 e. The number of amides is 1. The second-order valence-corrected chi connectivity index (χ2v) is 4.58. The lowest BCUT2D eigenvalue weighted by Crippen LogP contribution is -2.30. The molecule has 19 heavy (non-hydrogen) atoms. The summed E-state index contributed by atoms with van der Waals surface area (Å²) in [4.78, 5) is 11.6. The van der Waals surface area contributed by atoms with Crippen LogP contribution in [-0.2, 0) is 9.53 Å². The Bertz CT molecular complexity index is 385. The van der Waals surface area contributed by atoms with E-state index in [4.69, 9.17) is 16.3 Å². The number of unbranched alkanes of at least 4 members (excludes halogenated alkanes) is 1. The number of nitrogens with one attached hydrogen (secondary N) is 2. The van der Waals surface area contributed by atoms with Crippen LogP contribution >= 0.6 is 11.6 Å². The van der Waals surface area contributed by atoms with Crippen LogP contribution in [-0.4, -0.2) is 32.2 Å². The van der Waals surface area contributed by atoms with E-state index in [2.05, 4.69) is 17.6 Å². The summed E-state index contributed by atoms with van der Waals surface area (Å²) < 4.78 is 5.38. The van der Waals surface area contributed by atoms with E-state index in [1.54, 1.807) is 12.1 Å². The Kier molecular flexibility index (Phi) is 8.21. The average molecular weight is 285 g/mol. The van der Waals surface area contributed by atoms with Gasteiger partial charge in [0.1, 0.15) is 0 Å². The third-order valence-corrected chi connectivity index (χ3v) is 2.83. The summed E-state index contributed by atoms with van der Waals surface area (Å²) >= 11 is 5.95. The molecule has 0 saturated heterocycles. The Hall–Kier alpha value is -1.10. The van der Waals surface area contributed by atoms with Crippen LogP contribution in [0.1, 0.15) is 19.8 Å². The summed E-state index contributed by atoms with van der Waals surface area (Å²) in [6, 6.07) is 7.17. The number of rotatable bonds is 9. The molecule has 0 aliphatic rings. The van der Waals surface area contributed by atoms with Crippen LogP contribution < -0.4 is 10.6 Å². The fraction of sp³-hybridized carbons (Fsp3) is 0.500. The van der Waals surface area contributed by atoms with E-state index in [-0.39, 0.29) is 12.5 Å². The van der Waals surface area contributed by atoms with Crippen LogP contribution in [0, 0.1) is 0 Å². The molecule has 0 atom stereocenters. The molecule has 1 amide bonds. The average Bonchev–Trinajstić information content (AvgIpc) is 2.40. The fourth-order valence-corrected chi connectivity index (χ4v) is 1.63.